The van der Waals surface area contributed by atoms with Crippen molar-refractivity contribution < 1.29 is 4.79 Å². The number of carbonyl (C=O) groups excluding carboxylic acids is 1. The minimum Gasteiger partial charge on any atom is -0.363 e. The molecule has 0 aliphatic heterocycles. The van der Waals surface area contributed by atoms with Crippen LogP contribution in [-0.2, 0) is 5.41 Å². The Hall–Kier alpha value is -3.41. The first-order valence-electron chi connectivity index (χ1n) is 9.44. The van der Waals surface area contributed by atoms with Crippen LogP contribution < -0.4 is 15.8 Å². The maximum absolute atomic E-state index is 12.6. The van der Waals surface area contributed by atoms with E-state index in [1.165, 1.54) is 0 Å². The molecule has 2 aromatic heterocycles. The SMILES string of the molecule is CN(C)c1cccc(-c2c[nH]c(=O)c(NC(=O)c3ccc(C(C)(C)C)cc3)c2)n1. The Morgan fingerprint density at radius 1 is 1.07 bits per heavy atom. The molecule has 0 aliphatic carbocycles. The van der Waals surface area contributed by atoms with Gasteiger partial charge in [0.1, 0.15) is 11.5 Å². The fourth-order valence-corrected chi connectivity index (χ4v) is 2.87. The highest BCUT2D eigenvalue weighted by Crippen LogP contribution is 2.23. The number of nitrogens with zero attached hydrogens (tertiary/aromatic N) is 2. The highest BCUT2D eigenvalue weighted by atomic mass is 16.2. The first-order chi connectivity index (χ1) is 13.6. The molecule has 150 valence electrons. The number of amides is 1. The average Bonchev–Trinajstić information content (AvgIpc) is 2.69. The molecule has 0 saturated heterocycles. The van der Waals surface area contributed by atoms with E-state index < -0.39 is 0 Å². The third kappa shape index (κ3) is 4.71. The largest absolute Gasteiger partial charge is 0.363 e. The van der Waals surface area contributed by atoms with Crippen molar-refractivity contribution in [3.8, 4) is 11.3 Å². The molecule has 2 N–H and O–H groups in total. The summed E-state index contributed by atoms with van der Waals surface area (Å²) in [6, 6.07) is 14.7. The van der Waals surface area contributed by atoms with Gasteiger partial charge in [0.2, 0.25) is 0 Å². The van der Waals surface area contributed by atoms with E-state index in [-0.39, 0.29) is 22.6 Å². The number of rotatable bonds is 4. The summed E-state index contributed by atoms with van der Waals surface area (Å²) >= 11 is 0. The van der Waals surface area contributed by atoms with E-state index in [0.717, 1.165) is 11.4 Å². The van der Waals surface area contributed by atoms with Crippen molar-refractivity contribution in [1.82, 2.24) is 9.97 Å². The molecule has 1 aromatic carbocycles. The van der Waals surface area contributed by atoms with Crippen LogP contribution in [0.1, 0.15) is 36.7 Å². The maximum Gasteiger partial charge on any atom is 0.271 e. The van der Waals surface area contributed by atoms with Crippen LogP contribution in [0.5, 0.6) is 0 Å². The third-order valence-corrected chi connectivity index (χ3v) is 4.65. The second-order valence-corrected chi connectivity index (χ2v) is 8.19. The Kier molecular flexibility index (Phi) is 5.55. The molecule has 0 spiro atoms. The summed E-state index contributed by atoms with van der Waals surface area (Å²) in [6.07, 6.45) is 1.60. The van der Waals surface area contributed by atoms with Gasteiger partial charge in [-0.05, 0) is 41.3 Å². The van der Waals surface area contributed by atoms with E-state index in [4.69, 9.17) is 0 Å². The van der Waals surface area contributed by atoms with Gasteiger partial charge in [-0.15, -0.1) is 0 Å². The number of carbonyl (C=O) groups is 1. The average molecular weight is 390 g/mol. The number of aromatic nitrogens is 2. The van der Waals surface area contributed by atoms with Crippen LogP contribution in [0.15, 0.2) is 59.5 Å². The van der Waals surface area contributed by atoms with Crippen LogP contribution in [0.3, 0.4) is 0 Å². The van der Waals surface area contributed by atoms with E-state index in [1.54, 1.807) is 24.4 Å². The molecule has 0 radical (unpaired) electrons. The molecule has 6 heteroatoms. The summed E-state index contributed by atoms with van der Waals surface area (Å²) in [5.41, 5.74) is 2.89. The van der Waals surface area contributed by atoms with E-state index in [1.807, 2.05) is 49.3 Å². The third-order valence-electron chi connectivity index (χ3n) is 4.65. The Labute approximate surface area is 170 Å². The lowest BCUT2D eigenvalue weighted by molar-refractivity contribution is 0.102. The number of H-pyrrole nitrogens is 1. The molecule has 0 bridgehead atoms. The van der Waals surface area contributed by atoms with E-state index in [9.17, 15) is 9.59 Å². The number of anilines is 2. The van der Waals surface area contributed by atoms with Crippen molar-refractivity contribution in [1.29, 1.82) is 0 Å². The molecule has 29 heavy (non-hydrogen) atoms. The molecule has 0 unspecified atom stereocenters. The predicted octanol–water partition coefficient (Wildman–Crippen LogP) is 4.05. The Balaban J connectivity index is 1.86. The van der Waals surface area contributed by atoms with Gasteiger partial charge in [-0.25, -0.2) is 4.98 Å². The van der Waals surface area contributed by atoms with Gasteiger partial charge in [0.05, 0.1) is 5.69 Å². The first-order valence-corrected chi connectivity index (χ1v) is 9.44. The van der Waals surface area contributed by atoms with Crippen molar-refractivity contribution in [3.05, 3.63) is 76.2 Å². The molecule has 2 heterocycles. The normalized spacial score (nSPS) is 11.2. The van der Waals surface area contributed by atoms with Gasteiger partial charge in [0.15, 0.2) is 0 Å². The zero-order valence-electron chi connectivity index (χ0n) is 17.4. The topological polar surface area (TPSA) is 78.1 Å². The van der Waals surface area contributed by atoms with E-state index in [0.29, 0.717) is 16.8 Å². The fraction of sp³-hybridized carbons (Fsp3) is 0.261. The summed E-state index contributed by atoms with van der Waals surface area (Å²) < 4.78 is 0. The quantitative estimate of drug-likeness (QED) is 0.704. The second kappa shape index (κ2) is 7.91. The van der Waals surface area contributed by atoms with Crippen molar-refractivity contribution in [2.45, 2.75) is 26.2 Å². The highest BCUT2D eigenvalue weighted by Gasteiger charge is 2.15. The minimum atomic E-state index is -0.364. The highest BCUT2D eigenvalue weighted by molar-refractivity contribution is 6.04. The maximum atomic E-state index is 12.6. The molecule has 3 rings (SSSR count). The molecular formula is C23H26N4O2. The zero-order valence-corrected chi connectivity index (χ0v) is 17.4. The lowest BCUT2D eigenvalue weighted by atomic mass is 9.87. The fourth-order valence-electron chi connectivity index (χ4n) is 2.87. The van der Waals surface area contributed by atoms with Gasteiger partial charge < -0.3 is 15.2 Å². The van der Waals surface area contributed by atoms with E-state index in [2.05, 4.69) is 36.1 Å². The van der Waals surface area contributed by atoms with Crippen molar-refractivity contribution in [3.63, 3.8) is 0 Å². The van der Waals surface area contributed by atoms with Crippen LogP contribution >= 0.6 is 0 Å². The van der Waals surface area contributed by atoms with Gasteiger partial charge in [-0.1, -0.05) is 39.0 Å². The molecule has 6 nitrogen and oxygen atoms in total. The van der Waals surface area contributed by atoms with Gasteiger partial charge in [0.25, 0.3) is 11.5 Å². The number of nitrogens with one attached hydrogen (secondary N) is 2. The Bertz CT molecular complexity index is 1080. The molecule has 0 atom stereocenters. The summed E-state index contributed by atoms with van der Waals surface area (Å²) in [6.45, 7) is 6.35. The van der Waals surface area contributed by atoms with Crippen LogP contribution in [0, 0.1) is 0 Å². The summed E-state index contributed by atoms with van der Waals surface area (Å²) in [4.78, 5) is 34.0. The first kappa shape index (κ1) is 20.3. The van der Waals surface area contributed by atoms with Crippen LogP contribution in [-0.4, -0.2) is 30.0 Å². The standard InChI is InChI=1S/C23H26N4O2/c1-23(2,3)17-11-9-15(10-12-17)21(28)26-19-13-16(14-24-22(19)29)18-7-6-8-20(25-18)27(4)5/h6-14H,1-5H3,(H,24,29)(H,26,28). The predicted molar refractivity (Wildman–Crippen MR) is 118 cm³/mol. The van der Waals surface area contributed by atoms with Gasteiger partial charge >= 0.3 is 0 Å². The number of hydrogen-bond donors (Lipinski definition) is 2. The lowest BCUT2D eigenvalue weighted by Crippen LogP contribution is -2.20. The number of benzene rings is 1. The molecular weight excluding hydrogens is 364 g/mol. The Morgan fingerprint density at radius 2 is 1.76 bits per heavy atom. The molecule has 0 saturated carbocycles. The lowest BCUT2D eigenvalue weighted by Gasteiger charge is -2.19. The Morgan fingerprint density at radius 3 is 2.38 bits per heavy atom. The van der Waals surface area contributed by atoms with Crippen LogP contribution in [0.4, 0.5) is 11.5 Å². The minimum absolute atomic E-state index is 0.00851. The zero-order chi connectivity index (χ0) is 21.2. The van der Waals surface area contributed by atoms with Crippen molar-refractivity contribution in [2.24, 2.45) is 0 Å². The van der Waals surface area contributed by atoms with E-state index >= 15 is 0 Å². The van der Waals surface area contributed by atoms with Crippen molar-refractivity contribution >= 4 is 17.4 Å². The number of hydrogen-bond acceptors (Lipinski definition) is 4. The van der Waals surface area contributed by atoms with Gasteiger partial charge in [-0.2, -0.15) is 0 Å². The van der Waals surface area contributed by atoms with Gasteiger partial charge in [-0.3, -0.25) is 9.59 Å². The van der Waals surface area contributed by atoms with Gasteiger partial charge in [0, 0.05) is 31.4 Å². The molecule has 0 aliphatic rings. The van der Waals surface area contributed by atoms with Crippen molar-refractivity contribution in [2.75, 3.05) is 24.3 Å². The summed E-state index contributed by atoms with van der Waals surface area (Å²) in [5.74, 6) is 0.473. The number of aromatic amines is 1. The monoisotopic (exact) mass is 390 g/mol. The second-order valence-electron chi connectivity index (χ2n) is 8.19. The smallest absolute Gasteiger partial charge is 0.271 e. The number of pyridine rings is 2. The molecule has 0 fully saturated rings. The molecule has 3 aromatic rings. The van der Waals surface area contributed by atoms with Crippen LogP contribution in [0.2, 0.25) is 0 Å². The van der Waals surface area contributed by atoms with Crippen LogP contribution in [0.25, 0.3) is 11.3 Å². The summed E-state index contributed by atoms with van der Waals surface area (Å²) in [7, 11) is 3.82. The molecule has 1 amide bonds. The summed E-state index contributed by atoms with van der Waals surface area (Å²) in [5, 5.41) is 2.71.